The summed E-state index contributed by atoms with van der Waals surface area (Å²) in [4.78, 5) is 10.3. The van der Waals surface area contributed by atoms with Crippen LogP contribution in [0.25, 0.3) is 59.5 Å². The van der Waals surface area contributed by atoms with Crippen molar-refractivity contribution < 1.29 is 0 Å². The van der Waals surface area contributed by atoms with Gasteiger partial charge in [-0.1, -0.05) is 82.3 Å². The fourth-order valence-corrected chi connectivity index (χ4v) is 7.22. The zero-order valence-electron chi connectivity index (χ0n) is 24.1. The molecule has 0 aliphatic carbocycles. The summed E-state index contributed by atoms with van der Waals surface area (Å²) >= 11 is 1.81. The lowest BCUT2D eigenvalue weighted by atomic mass is 9.88. The molecule has 0 aliphatic rings. The predicted octanol–water partition coefficient (Wildman–Crippen LogP) is 10.7. The predicted molar refractivity (Wildman–Crippen MR) is 176 cm³/mol. The Bertz CT molecular complexity index is 2030. The number of nitrogens with zero attached hydrogens (tertiary/aromatic N) is 3. The van der Waals surface area contributed by atoms with Gasteiger partial charge in [0, 0.05) is 21.8 Å². The maximum atomic E-state index is 5.25. The first-order valence-corrected chi connectivity index (χ1v) is 15.2. The summed E-state index contributed by atoms with van der Waals surface area (Å²) in [6.45, 7) is 11.4. The first kappa shape index (κ1) is 25.7. The Morgan fingerprint density at radius 1 is 0.683 bits per heavy atom. The number of hydrogen-bond acceptors (Lipinski definition) is 3. The van der Waals surface area contributed by atoms with Gasteiger partial charge in [-0.15, -0.1) is 11.3 Å². The Labute approximate surface area is 245 Å². The maximum absolute atomic E-state index is 5.25. The molecule has 41 heavy (non-hydrogen) atoms. The zero-order chi connectivity index (χ0) is 28.2. The van der Waals surface area contributed by atoms with Gasteiger partial charge in [0.2, 0.25) is 0 Å². The molecule has 7 aromatic rings. The van der Waals surface area contributed by atoms with Crippen LogP contribution in [0.15, 0.2) is 97.2 Å². The van der Waals surface area contributed by atoms with Crippen molar-refractivity contribution in [3.63, 3.8) is 0 Å². The molecule has 0 amide bonds. The van der Waals surface area contributed by atoms with Gasteiger partial charge in [-0.25, -0.2) is 4.98 Å². The molecule has 0 saturated carbocycles. The molecule has 0 unspecified atom stereocenters. The van der Waals surface area contributed by atoms with Gasteiger partial charge in [0.1, 0.15) is 5.82 Å². The minimum absolute atomic E-state index is 0.325. The molecule has 3 aromatic heterocycles. The number of aryl methyl sites for hydroxylation is 1. The lowest BCUT2D eigenvalue weighted by Gasteiger charge is -2.24. The summed E-state index contributed by atoms with van der Waals surface area (Å²) in [7, 11) is 0. The molecule has 0 atom stereocenters. The minimum atomic E-state index is 0.325. The topological polar surface area (TPSA) is 30.7 Å². The minimum Gasteiger partial charge on any atom is -0.292 e. The number of hydrogen-bond donors (Lipinski definition) is 0. The van der Waals surface area contributed by atoms with E-state index in [4.69, 9.17) is 9.97 Å². The number of thiophene rings is 1. The van der Waals surface area contributed by atoms with Crippen molar-refractivity contribution in [1.29, 1.82) is 0 Å². The average molecular weight is 552 g/mol. The second kappa shape index (κ2) is 9.97. The summed E-state index contributed by atoms with van der Waals surface area (Å²) < 4.78 is 4.87. The Kier molecular flexibility index (Phi) is 6.24. The van der Waals surface area contributed by atoms with E-state index in [-0.39, 0.29) is 0 Å². The maximum Gasteiger partial charge on any atom is 0.147 e. The molecule has 0 radical (unpaired) electrons. The van der Waals surface area contributed by atoms with E-state index in [1.807, 2.05) is 17.5 Å². The van der Waals surface area contributed by atoms with Gasteiger partial charge in [0.15, 0.2) is 0 Å². The summed E-state index contributed by atoms with van der Waals surface area (Å²) in [5, 5.41) is 1.26. The summed E-state index contributed by atoms with van der Waals surface area (Å²) in [6.07, 6.45) is 2.01. The molecule has 3 nitrogen and oxygen atoms in total. The number of pyridine rings is 1. The van der Waals surface area contributed by atoms with Crippen molar-refractivity contribution in [2.45, 2.75) is 46.5 Å². The van der Waals surface area contributed by atoms with E-state index in [9.17, 15) is 0 Å². The van der Waals surface area contributed by atoms with Crippen LogP contribution in [0.2, 0.25) is 0 Å². The number of imidazole rings is 1. The molecular formula is C37H33N3S. The fraction of sp³-hybridized carbons (Fsp3) is 0.189. The van der Waals surface area contributed by atoms with Crippen LogP contribution in [0.3, 0.4) is 0 Å². The molecule has 7 rings (SSSR count). The Balaban J connectivity index is 1.54. The third-order valence-corrected chi connectivity index (χ3v) is 9.20. The van der Waals surface area contributed by atoms with Gasteiger partial charge >= 0.3 is 0 Å². The lowest BCUT2D eigenvalue weighted by Crippen LogP contribution is -2.09. The van der Waals surface area contributed by atoms with Gasteiger partial charge in [0.25, 0.3) is 0 Å². The molecule has 0 bridgehead atoms. The third kappa shape index (κ3) is 4.25. The van der Waals surface area contributed by atoms with Crippen LogP contribution in [-0.2, 0) is 0 Å². The molecule has 3 heterocycles. The van der Waals surface area contributed by atoms with Gasteiger partial charge in [0.05, 0.1) is 26.9 Å². The van der Waals surface area contributed by atoms with Crippen LogP contribution in [0, 0.1) is 6.92 Å². The van der Waals surface area contributed by atoms with Crippen LogP contribution < -0.4 is 0 Å². The van der Waals surface area contributed by atoms with Crippen molar-refractivity contribution in [2.24, 2.45) is 0 Å². The summed E-state index contributed by atoms with van der Waals surface area (Å²) in [5.74, 6) is 1.59. The van der Waals surface area contributed by atoms with Crippen molar-refractivity contribution in [3.8, 4) is 28.2 Å². The smallest absolute Gasteiger partial charge is 0.147 e. The molecule has 0 fully saturated rings. The standard InChI is InChI=1S/C37H33N3S/c1-22(2)28-18-26(25-13-7-6-8-14-25)19-29(23(3)4)36(28)40-31-16-10-9-15-30(31)39-37(40)27-20-33-35(38-21-27)34-24(5)12-11-17-32(34)41-33/h6-23H,1-5H3. The van der Waals surface area contributed by atoms with Crippen molar-refractivity contribution in [1.82, 2.24) is 14.5 Å². The van der Waals surface area contributed by atoms with Crippen LogP contribution in [0.1, 0.15) is 56.2 Å². The largest absolute Gasteiger partial charge is 0.292 e. The Morgan fingerprint density at radius 3 is 2.12 bits per heavy atom. The normalized spacial score (nSPS) is 12.0. The number of rotatable bonds is 5. The highest BCUT2D eigenvalue weighted by Crippen LogP contribution is 2.41. The highest BCUT2D eigenvalue weighted by atomic mass is 32.1. The lowest BCUT2D eigenvalue weighted by molar-refractivity contribution is 0.811. The molecule has 0 N–H and O–H groups in total. The van der Waals surface area contributed by atoms with Crippen LogP contribution in [0.5, 0.6) is 0 Å². The van der Waals surface area contributed by atoms with E-state index < -0.39 is 0 Å². The van der Waals surface area contributed by atoms with Crippen LogP contribution in [-0.4, -0.2) is 14.5 Å². The van der Waals surface area contributed by atoms with E-state index in [0.29, 0.717) is 11.8 Å². The molecule has 0 aliphatic heterocycles. The van der Waals surface area contributed by atoms with Crippen molar-refractivity contribution in [3.05, 3.63) is 114 Å². The quantitative estimate of drug-likeness (QED) is 0.213. The Hall–Kier alpha value is -4.28. The molecule has 4 heteroatoms. The average Bonchev–Trinajstić information content (AvgIpc) is 3.55. The van der Waals surface area contributed by atoms with E-state index >= 15 is 0 Å². The third-order valence-electron chi connectivity index (χ3n) is 8.11. The van der Waals surface area contributed by atoms with Crippen LogP contribution >= 0.6 is 11.3 Å². The first-order valence-electron chi connectivity index (χ1n) is 14.4. The Morgan fingerprint density at radius 2 is 1.39 bits per heavy atom. The highest BCUT2D eigenvalue weighted by Gasteiger charge is 2.24. The molecule has 0 spiro atoms. The van der Waals surface area contributed by atoms with E-state index in [1.54, 1.807) is 0 Å². The summed E-state index contributed by atoms with van der Waals surface area (Å²) in [5.41, 5.74) is 11.9. The molecular weight excluding hydrogens is 518 g/mol. The number of benzene rings is 4. The highest BCUT2D eigenvalue weighted by molar-refractivity contribution is 7.25. The first-order chi connectivity index (χ1) is 19.9. The van der Waals surface area contributed by atoms with Crippen molar-refractivity contribution >= 4 is 42.7 Å². The second-order valence-electron chi connectivity index (χ2n) is 11.6. The SMILES string of the molecule is Cc1cccc2sc3cc(-c4nc5ccccc5n4-c4c(C(C)C)cc(-c5ccccc5)cc4C(C)C)cnc3c12. The summed E-state index contributed by atoms with van der Waals surface area (Å²) in [6, 6.07) is 32.8. The van der Waals surface area contributed by atoms with Gasteiger partial charge < -0.3 is 0 Å². The second-order valence-corrected chi connectivity index (χ2v) is 12.6. The van der Waals surface area contributed by atoms with E-state index in [0.717, 1.165) is 27.9 Å². The number of aromatic nitrogens is 3. The monoisotopic (exact) mass is 551 g/mol. The van der Waals surface area contributed by atoms with Crippen molar-refractivity contribution in [2.75, 3.05) is 0 Å². The van der Waals surface area contributed by atoms with Crippen LogP contribution in [0.4, 0.5) is 0 Å². The molecule has 4 aromatic carbocycles. The fourth-order valence-electron chi connectivity index (χ4n) is 6.04. The molecule has 0 saturated heterocycles. The molecule has 202 valence electrons. The number of fused-ring (bicyclic) bond motifs is 4. The van der Waals surface area contributed by atoms with Gasteiger partial charge in [-0.2, -0.15) is 0 Å². The van der Waals surface area contributed by atoms with E-state index in [1.165, 1.54) is 48.3 Å². The van der Waals surface area contributed by atoms with Gasteiger partial charge in [-0.3, -0.25) is 9.55 Å². The van der Waals surface area contributed by atoms with E-state index in [2.05, 4.69) is 130 Å². The zero-order valence-corrected chi connectivity index (χ0v) is 25.0. The van der Waals surface area contributed by atoms with Gasteiger partial charge in [-0.05, 0) is 83.0 Å². The number of para-hydroxylation sites is 2.